The minimum atomic E-state index is -0.00459. The molecule has 6 heteroatoms. The molecular weight excluding hydrogens is 272 g/mol. The van der Waals surface area contributed by atoms with Crippen molar-refractivity contribution in [3.05, 3.63) is 33.5 Å². The summed E-state index contributed by atoms with van der Waals surface area (Å²) in [5.41, 5.74) is 1.90. The predicted molar refractivity (Wildman–Crippen MR) is 79.7 cm³/mol. The van der Waals surface area contributed by atoms with Crippen LogP contribution in [0.2, 0.25) is 0 Å². The van der Waals surface area contributed by atoms with Crippen LogP contribution in [0.3, 0.4) is 0 Å². The van der Waals surface area contributed by atoms with Gasteiger partial charge in [-0.25, -0.2) is 4.98 Å². The molecule has 0 spiro atoms. The number of carbonyl (C=O) groups excluding carboxylic acids is 1. The smallest absolute Gasteiger partial charge is 0.226 e. The van der Waals surface area contributed by atoms with E-state index >= 15 is 0 Å². The Balaban J connectivity index is 2.03. The molecule has 0 saturated heterocycles. The monoisotopic (exact) mass is 292 g/mol. The first-order valence-corrected chi connectivity index (χ1v) is 7.53. The summed E-state index contributed by atoms with van der Waals surface area (Å²) < 4.78 is 1.80. The quantitative estimate of drug-likeness (QED) is 0.920. The maximum absolute atomic E-state index is 12.2. The normalized spacial score (nSPS) is 12.4. The number of thiazole rings is 1. The molecule has 2 aromatic heterocycles. The van der Waals surface area contributed by atoms with Gasteiger partial charge in [-0.1, -0.05) is 6.92 Å². The van der Waals surface area contributed by atoms with Crippen molar-refractivity contribution in [1.82, 2.24) is 20.1 Å². The molecule has 1 N–H and O–H groups in total. The van der Waals surface area contributed by atoms with Crippen LogP contribution in [0.15, 0.2) is 12.3 Å². The van der Waals surface area contributed by atoms with Crippen LogP contribution in [-0.4, -0.2) is 20.7 Å². The van der Waals surface area contributed by atoms with Gasteiger partial charge in [0.05, 0.1) is 28.9 Å². The molecule has 1 atom stereocenters. The molecule has 2 aromatic rings. The second-order valence-electron chi connectivity index (χ2n) is 4.82. The maximum Gasteiger partial charge on any atom is 0.226 e. The van der Waals surface area contributed by atoms with E-state index in [4.69, 9.17) is 0 Å². The molecular formula is C14H20N4OS. The van der Waals surface area contributed by atoms with Crippen LogP contribution in [-0.2, 0) is 18.3 Å². The van der Waals surface area contributed by atoms with Gasteiger partial charge < -0.3 is 5.32 Å². The Labute approximate surface area is 123 Å². The van der Waals surface area contributed by atoms with E-state index < -0.39 is 0 Å². The van der Waals surface area contributed by atoms with E-state index in [0.29, 0.717) is 6.42 Å². The number of hydrogen-bond acceptors (Lipinski definition) is 4. The number of amides is 1. The molecule has 0 aliphatic carbocycles. The van der Waals surface area contributed by atoms with Crippen molar-refractivity contribution in [3.63, 3.8) is 0 Å². The van der Waals surface area contributed by atoms with Crippen LogP contribution in [0.25, 0.3) is 0 Å². The van der Waals surface area contributed by atoms with Gasteiger partial charge in [0.1, 0.15) is 0 Å². The van der Waals surface area contributed by atoms with Crippen LogP contribution in [0.5, 0.6) is 0 Å². The molecule has 108 valence electrons. The molecule has 2 rings (SSSR count). The van der Waals surface area contributed by atoms with Gasteiger partial charge in [0.2, 0.25) is 5.91 Å². The molecule has 0 bridgehead atoms. The second kappa shape index (κ2) is 6.17. The first-order valence-electron chi connectivity index (χ1n) is 6.71. The van der Waals surface area contributed by atoms with Gasteiger partial charge in [0.25, 0.3) is 0 Å². The summed E-state index contributed by atoms with van der Waals surface area (Å²) in [5.74, 6) is 0.00597. The highest BCUT2D eigenvalue weighted by Gasteiger charge is 2.17. The zero-order valence-corrected chi connectivity index (χ0v) is 13.1. The van der Waals surface area contributed by atoms with Gasteiger partial charge in [-0.15, -0.1) is 11.3 Å². The third-order valence-corrected chi connectivity index (χ3v) is 4.22. The lowest BCUT2D eigenvalue weighted by atomic mass is 10.1. The highest BCUT2D eigenvalue weighted by molar-refractivity contribution is 7.11. The van der Waals surface area contributed by atoms with Crippen LogP contribution in [0.4, 0.5) is 0 Å². The zero-order valence-electron chi connectivity index (χ0n) is 12.3. The Morgan fingerprint density at radius 1 is 1.50 bits per heavy atom. The largest absolute Gasteiger partial charge is 0.347 e. The number of aryl methyl sites for hydroxylation is 3. The predicted octanol–water partition coefficient (Wildman–Crippen LogP) is 2.30. The van der Waals surface area contributed by atoms with Gasteiger partial charge >= 0.3 is 0 Å². The summed E-state index contributed by atoms with van der Waals surface area (Å²) in [5, 5.41) is 8.21. The SMILES string of the molecule is CC[C@@H](NC(=O)Cc1nc(C)sc1C)c1ccnn1C. The minimum Gasteiger partial charge on any atom is -0.347 e. The Morgan fingerprint density at radius 2 is 2.25 bits per heavy atom. The van der Waals surface area contributed by atoms with Crippen LogP contribution in [0, 0.1) is 13.8 Å². The standard InChI is InChI=1S/C14H20N4OS/c1-5-11(13-6-7-15-18(13)4)17-14(19)8-12-9(2)20-10(3)16-12/h6-7,11H,5,8H2,1-4H3,(H,17,19)/t11-/m1/s1. The van der Waals surface area contributed by atoms with Crippen molar-refractivity contribution in [2.75, 3.05) is 0 Å². The highest BCUT2D eigenvalue weighted by atomic mass is 32.1. The van der Waals surface area contributed by atoms with E-state index in [1.807, 2.05) is 27.0 Å². The summed E-state index contributed by atoms with van der Waals surface area (Å²) in [6, 6.07) is 1.93. The van der Waals surface area contributed by atoms with E-state index in [2.05, 4.69) is 22.3 Å². The van der Waals surface area contributed by atoms with E-state index in [1.54, 1.807) is 22.2 Å². The molecule has 0 aromatic carbocycles. The van der Waals surface area contributed by atoms with Crippen LogP contribution < -0.4 is 5.32 Å². The van der Waals surface area contributed by atoms with Gasteiger partial charge in [-0.2, -0.15) is 5.10 Å². The molecule has 0 aliphatic heterocycles. The van der Waals surface area contributed by atoms with Gasteiger partial charge in [0, 0.05) is 18.1 Å². The minimum absolute atomic E-state index is 0.00459. The molecule has 0 radical (unpaired) electrons. The van der Waals surface area contributed by atoms with Crippen molar-refractivity contribution < 1.29 is 4.79 Å². The van der Waals surface area contributed by atoms with Gasteiger partial charge in [-0.05, 0) is 26.3 Å². The Hall–Kier alpha value is -1.69. The number of hydrogen-bond donors (Lipinski definition) is 1. The Bertz CT molecular complexity index is 602. The zero-order chi connectivity index (χ0) is 14.7. The summed E-state index contributed by atoms with van der Waals surface area (Å²) in [6.45, 7) is 6.02. The number of aromatic nitrogens is 3. The third kappa shape index (κ3) is 3.25. The van der Waals surface area contributed by atoms with Crippen molar-refractivity contribution in [2.45, 2.75) is 39.7 Å². The van der Waals surface area contributed by atoms with E-state index in [-0.39, 0.29) is 11.9 Å². The number of carbonyl (C=O) groups is 1. The number of nitrogens with zero attached hydrogens (tertiary/aromatic N) is 3. The first kappa shape index (κ1) is 14.7. The number of nitrogens with one attached hydrogen (secondary N) is 1. The van der Waals surface area contributed by atoms with Crippen molar-refractivity contribution in [1.29, 1.82) is 0 Å². The van der Waals surface area contributed by atoms with Crippen molar-refractivity contribution in [3.8, 4) is 0 Å². The fourth-order valence-corrected chi connectivity index (χ4v) is 3.08. The molecule has 0 saturated carbocycles. The van der Waals surface area contributed by atoms with Gasteiger partial charge in [-0.3, -0.25) is 9.48 Å². The topological polar surface area (TPSA) is 59.8 Å². The van der Waals surface area contributed by atoms with E-state index in [1.165, 1.54) is 0 Å². The highest BCUT2D eigenvalue weighted by Crippen LogP contribution is 2.18. The summed E-state index contributed by atoms with van der Waals surface area (Å²) in [4.78, 5) is 17.7. The van der Waals surface area contributed by atoms with Crippen LogP contribution in [0.1, 0.15) is 40.7 Å². The molecule has 5 nitrogen and oxygen atoms in total. The molecule has 0 aliphatic rings. The molecule has 1 amide bonds. The van der Waals surface area contributed by atoms with Crippen LogP contribution >= 0.6 is 11.3 Å². The number of rotatable bonds is 5. The lowest BCUT2D eigenvalue weighted by Gasteiger charge is -2.17. The lowest BCUT2D eigenvalue weighted by Crippen LogP contribution is -2.31. The molecule has 20 heavy (non-hydrogen) atoms. The fraction of sp³-hybridized carbons (Fsp3) is 0.500. The molecule has 0 unspecified atom stereocenters. The average Bonchev–Trinajstić information content (AvgIpc) is 2.93. The average molecular weight is 292 g/mol. The van der Waals surface area contributed by atoms with E-state index in [0.717, 1.165) is 27.7 Å². The summed E-state index contributed by atoms with van der Waals surface area (Å²) in [6.07, 6.45) is 2.92. The maximum atomic E-state index is 12.2. The van der Waals surface area contributed by atoms with E-state index in [9.17, 15) is 4.79 Å². The molecule has 2 heterocycles. The fourth-order valence-electron chi connectivity index (χ4n) is 2.24. The summed E-state index contributed by atoms with van der Waals surface area (Å²) >= 11 is 1.63. The van der Waals surface area contributed by atoms with Gasteiger partial charge in [0.15, 0.2) is 0 Å². The molecule has 0 fully saturated rings. The third-order valence-electron chi connectivity index (χ3n) is 3.29. The summed E-state index contributed by atoms with van der Waals surface area (Å²) in [7, 11) is 1.89. The second-order valence-corrected chi connectivity index (χ2v) is 6.23. The Kier molecular flexibility index (Phi) is 4.54. The first-order chi connectivity index (χ1) is 9.51. The Morgan fingerprint density at radius 3 is 2.75 bits per heavy atom. The lowest BCUT2D eigenvalue weighted by molar-refractivity contribution is -0.121. The van der Waals surface area contributed by atoms with Crippen molar-refractivity contribution >= 4 is 17.2 Å². The van der Waals surface area contributed by atoms with Crippen molar-refractivity contribution in [2.24, 2.45) is 7.05 Å².